The topological polar surface area (TPSA) is 153 Å². The number of nitrogens with one attached hydrogen (secondary N) is 1. The van der Waals surface area contributed by atoms with Gasteiger partial charge in [0, 0.05) is 6.54 Å². The molecule has 0 radical (unpaired) electrons. The molecule has 1 aromatic heterocycles. The number of hydrazine groups is 1. The zero-order valence-electron chi connectivity index (χ0n) is 11.2. The largest absolute Gasteiger partial charge is 0.368 e. The van der Waals surface area contributed by atoms with E-state index in [-0.39, 0.29) is 29.9 Å². The van der Waals surface area contributed by atoms with Crippen LogP contribution in [0.5, 0.6) is 0 Å². The molecule has 0 spiro atoms. The van der Waals surface area contributed by atoms with Crippen LogP contribution in [0.3, 0.4) is 0 Å². The maximum absolute atomic E-state index is 11.1. The molecule has 0 aromatic carbocycles. The zero-order valence-corrected chi connectivity index (χ0v) is 11.2. The van der Waals surface area contributed by atoms with Crippen LogP contribution in [0.15, 0.2) is 6.20 Å². The predicted molar refractivity (Wildman–Crippen MR) is 72.7 cm³/mol. The van der Waals surface area contributed by atoms with Crippen LogP contribution in [0.25, 0.3) is 0 Å². The Morgan fingerprint density at radius 2 is 2.25 bits per heavy atom. The molecule has 20 heavy (non-hydrogen) atoms. The minimum atomic E-state index is -0.621. The first-order valence-electron chi connectivity index (χ1n) is 5.86. The minimum absolute atomic E-state index is 0.00505. The number of amides is 1. The molecule has 0 aliphatic heterocycles. The van der Waals surface area contributed by atoms with Gasteiger partial charge >= 0.3 is 5.69 Å². The second kappa shape index (κ2) is 6.61. The van der Waals surface area contributed by atoms with Crippen molar-refractivity contribution in [3.05, 3.63) is 16.3 Å². The van der Waals surface area contributed by atoms with Crippen molar-refractivity contribution in [2.45, 2.75) is 13.8 Å². The lowest BCUT2D eigenvalue weighted by Crippen LogP contribution is -2.37. The maximum atomic E-state index is 11.1. The van der Waals surface area contributed by atoms with E-state index in [1.165, 1.54) is 4.90 Å². The van der Waals surface area contributed by atoms with Crippen molar-refractivity contribution in [3.63, 3.8) is 0 Å². The summed E-state index contributed by atoms with van der Waals surface area (Å²) >= 11 is 0. The molecule has 0 bridgehead atoms. The molecule has 10 nitrogen and oxygen atoms in total. The number of nitrogens with zero attached hydrogens (tertiary/aromatic N) is 4. The number of carbonyl (C=O) groups is 1. The molecule has 0 atom stereocenters. The highest BCUT2D eigenvalue weighted by Gasteiger charge is 2.24. The van der Waals surface area contributed by atoms with E-state index in [2.05, 4.69) is 15.4 Å². The van der Waals surface area contributed by atoms with E-state index in [1.54, 1.807) is 0 Å². The van der Waals surface area contributed by atoms with Crippen molar-refractivity contribution in [1.82, 2.24) is 9.97 Å². The summed E-state index contributed by atoms with van der Waals surface area (Å²) in [6.07, 6.45) is 1.03. The van der Waals surface area contributed by atoms with Gasteiger partial charge in [0.25, 0.3) is 0 Å². The van der Waals surface area contributed by atoms with Gasteiger partial charge in [-0.1, -0.05) is 13.8 Å². The Labute approximate surface area is 115 Å². The lowest BCUT2D eigenvalue weighted by Gasteiger charge is -2.23. The molecule has 0 saturated carbocycles. The van der Waals surface area contributed by atoms with E-state index in [0.717, 1.165) is 6.20 Å². The van der Waals surface area contributed by atoms with Crippen molar-refractivity contribution in [2.24, 2.45) is 17.5 Å². The normalized spacial score (nSPS) is 10.4. The van der Waals surface area contributed by atoms with Gasteiger partial charge in [-0.05, 0) is 5.92 Å². The van der Waals surface area contributed by atoms with Crippen LogP contribution < -0.4 is 21.9 Å². The summed E-state index contributed by atoms with van der Waals surface area (Å²) in [6.45, 7) is 4.01. The molecular weight excluding hydrogens is 266 g/mol. The smallest absolute Gasteiger partial charge is 0.329 e. The van der Waals surface area contributed by atoms with Gasteiger partial charge in [0.2, 0.25) is 17.7 Å². The zero-order chi connectivity index (χ0) is 15.3. The van der Waals surface area contributed by atoms with Crippen LogP contribution in [0.4, 0.5) is 17.5 Å². The van der Waals surface area contributed by atoms with Crippen LogP contribution in [0, 0.1) is 16.0 Å². The van der Waals surface area contributed by atoms with E-state index in [0.29, 0.717) is 6.54 Å². The number of nitrogens with two attached hydrogens (primary N) is 2. The monoisotopic (exact) mass is 283 g/mol. The van der Waals surface area contributed by atoms with Gasteiger partial charge in [0.05, 0.1) is 11.5 Å². The van der Waals surface area contributed by atoms with Crippen molar-refractivity contribution in [2.75, 3.05) is 23.4 Å². The number of anilines is 2. The highest BCUT2D eigenvalue weighted by Crippen LogP contribution is 2.26. The number of primary amides is 1. The van der Waals surface area contributed by atoms with Gasteiger partial charge in [-0.25, -0.2) is 10.8 Å². The molecule has 0 saturated heterocycles. The van der Waals surface area contributed by atoms with Crippen molar-refractivity contribution in [3.8, 4) is 0 Å². The van der Waals surface area contributed by atoms with Gasteiger partial charge in [0.15, 0.2) is 0 Å². The highest BCUT2D eigenvalue weighted by atomic mass is 16.6. The molecule has 1 aromatic rings. The van der Waals surface area contributed by atoms with Gasteiger partial charge in [-0.2, -0.15) is 4.98 Å². The molecule has 110 valence electrons. The Kier molecular flexibility index (Phi) is 5.15. The van der Waals surface area contributed by atoms with E-state index >= 15 is 0 Å². The van der Waals surface area contributed by atoms with Crippen LogP contribution >= 0.6 is 0 Å². The van der Waals surface area contributed by atoms with Crippen molar-refractivity contribution in [1.29, 1.82) is 0 Å². The van der Waals surface area contributed by atoms with Crippen LogP contribution in [0.1, 0.15) is 13.8 Å². The van der Waals surface area contributed by atoms with Crippen molar-refractivity contribution < 1.29 is 9.72 Å². The minimum Gasteiger partial charge on any atom is -0.368 e. The Bertz CT molecular complexity index is 506. The number of hydrogen-bond donors (Lipinski definition) is 3. The lowest BCUT2D eigenvalue weighted by atomic mass is 10.2. The van der Waals surface area contributed by atoms with Gasteiger partial charge in [-0.3, -0.25) is 20.3 Å². The third kappa shape index (κ3) is 4.02. The number of hydrogen-bond acceptors (Lipinski definition) is 8. The first-order chi connectivity index (χ1) is 9.35. The van der Waals surface area contributed by atoms with E-state index in [4.69, 9.17) is 11.6 Å². The van der Waals surface area contributed by atoms with Crippen molar-refractivity contribution >= 4 is 23.4 Å². The molecule has 0 unspecified atom stereocenters. The van der Waals surface area contributed by atoms with Gasteiger partial charge < -0.3 is 10.6 Å². The fourth-order valence-electron chi connectivity index (χ4n) is 1.65. The SMILES string of the molecule is CC(C)CN(CC(N)=O)c1nc(NN)ncc1[N+](=O)[O-]. The summed E-state index contributed by atoms with van der Waals surface area (Å²) in [5.74, 6) is 4.76. The Morgan fingerprint density at radius 3 is 2.70 bits per heavy atom. The average Bonchev–Trinajstić information content (AvgIpc) is 2.36. The third-order valence-corrected chi connectivity index (χ3v) is 2.31. The molecule has 0 fully saturated rings. The molecule has 0 aliphatic rings. The number of carbonyl (C=O) groups excluding carboxylic acids is 1. The predicted octanol–water partition coefficient (Wildman–Crippen LogP) is -0.382. The lowest BCUT2D eigenvalue weighted by molar-refractivity contribution is -0.384. The first-order valence-corrected chi connectivity index (χ1v) is 5.86. The first kappa shape index (κ1) is 15.6. The van der Waals surface area contributed by atoms with E-state index < -0.39 is 10.8 Å². The summed E-state index contributed by atoms with van der Waals surface area (Å²) in [4.78, 5) is 30.6. The highest BCUT2D eigenvalue weighted by molar-refractivity contribution is 5.80. The molecule has 0 aliphatic carbocycles. The second-order valence-corrected chi connectivity index (χ2v) is 4.54. The molecule has 1 heterocycles. The third-order valence-electron chi connectivity index (χ3n) is 2.31. The number of nitro groups is 1. The fraction of sp³-hybridized carbons (Fsp3) is 0.500. The average molecular weight is 283 g/mol. The van der Waals surface area contributed by atoms with Crippen LogP contribution in [-0.2, 0) is 4.79 Å². The molecule has 1 amide bonds. The van der Waals surface area contributed by atoms with E-state index in [9.17, 15) is 14.9 Å². The summed E-state index contributed by atoms with van der Waals surface area (Å²) in [5, 5.41) is 11.0. The Hall–Kier alpha value is -2.49. The Morgan fingerprint density at radius 1 is 1.60 bits per heavy atom. The van der Waals surface area contributed by atoms with Gasteiger partial charge in [0.1, 0.15) is 6.20 Å². The molecular formula is C10H17N7O3. The fourth-order valence-corrected chi connectivity index (χ4v) is 1.65. The standard InChI is InChI=1S/C10H17N7O3/c1-6(2)4-16(5-8(11)18)9-7(17(19)20)3-13-10(14-9)15-12/h3,6H,4-5,12H2,1-2H3,(H2,11,18)(H,13,14,15). The molecule has 10 heteroatoms. The second-order valence-electron chi connectivity index (χ2n) is 4.54. The van der Waals surface area contributed by atoms with Crippen LogP contribution in [0.2, 0.25) is 0 Å². The summed E-state index contributed by atoms with van der Waals surface area (Å²) in [5.41, 5.74) is 7.06. The Balaban J connectivity index is 3.27. The summed E-state index contributed by atoms with van der Waals surface area (Å²) in [7, 11) is 0. The molecule has 1 rings (SSSR count). The van der Waals surface area contributed by atoms with Crippen LogP contribution in [-0.4, -0.2) is 33.9 Å². The number of nitrogen functional groups attached to an aromatic ring is 1. The summed E-state index contributed by atoms with van der Waals surface area (Å²) < 4.78 is 0. The van der Waals surface area contributed by atoms with E-state index in [1.807, 2.05) is 13.8 Å². The van der Waals surface area contributed by atoms with Gasteiger partial charge in [-0.15, -0.1) is 0 Å². The maximum Gasteiger partial charge on any atom is 0.329 e. The number of aromatic nitrogens is 2. The molecule has 5 N–H and O–H groups in total. The summed E-state index contributed by atoms with van der Waals surface area (Å²) in [6, 6.07) is 0. The number of rotatable bonds is 7. The quantitative estimate of drug-likeness (QED) is 0.347.